The molecule has 0 fully saturated rings. The van der Waals surface area contributed by atoms with Crippen LogP contribution in [0.15, 0.2) is 12.4 Å². The molecule has 1 rings (SSSR count). The summed E-state index contributed by atoms with van der Waals surface area (Å²) in [4.78, 5) is 6.82. The molecule has 1 aromatic rings. The Kier molecular flexibility index (Phi) is 7.40. The van der Waals surface area contributed by atoms with Crippen LogP contribution in [0.3, 0.4) is 0 Å². The first kappa shape index (κ1) is 18.2. The van der Waals surface area contributed by atoms with E-state index >= 15 is 0 Å². The van der Waals surface area contributed by atoms with E-state index in [1.807, 2.05) is 12.4 Å². The third-order valence-corrected chi connectivity index (χ3v) is 3.94. The van der Waals surface area contributed by atoms with Crippen LogP contribution in [0.5, 0.6) is 0 Å². The predicted octanol–water partition coefficient (Wildman–Crippen LogP) is 2.90. The minimum absolute atomic E-state index is 0.323. The van der Waals surface area contributed by atoms with Crippen molar-refractivity contribution in [2.24, 2.45) is 18.4 Å². The fourth-order valence-corrected chi connectivity index (χ4v) is 2.99. The van der Waals surface area contributed by atoms with Gasteiger partial charge in [-0.3, -0.25) is 4.90 Å². The third-order valence-electron chi connectivity index (χ3n) is 3.94. The molecule has 21 heavy (non-hydrogen) atoms. The van der Waals surface area contributed by atoms with Crippen molar-refractivity contribution in [2.75, 3.05) is 26.7 Å². The topological polar surface area (TPSA) is 33.1 Å². The van der Waals surface area contributed by atoms with Gasteiger partial charge >= 0.3 is 0 Å². The molecule has 0 amide bonds. The van der Waals surface area contributed by atoms with Crippen LogP contribution in [0.1, 0.15) is 46.4 Å². The van der Waals surface area contributed by atoms with Crippen LogP contribution in [-0.2, 0) is 13.6 Å². The number of hydrogen-bond acceptors (Lipinski definition) is 3. The largest absolute Gasteiger partial charge is 0.337 e. The van der Waals surface area contributed by atoms with Gasteiger partial charge < -0.3 is 9.88 Å². The second-order valence-electron chi connectivity index (χ2n) is 7.21. The summed E-state index contributed by atoms with van der Waals surface area (Å²) in [5.41, 5.74) is 0.323. The molecule has 1 atom stereocenters. The summed E-state index contributed by atoms with van der Waals surface area (Å²) >= 11 is 0. The Morgan fingerprint density at radius 1 is 1.43 bits per heavy atom. The summed E-state index contributed by atoms with van der Waals surface area (Å²) in [6.07, 6.45) is 6.37. The monoisotopic (exact) mass is 294 g/mol. The molecule has 0 aliphatic heterocycles. The number of nitrogens with zero attached hydrogens (tertiary/aromatic N) is 3. The number of hydrogen-bond donors (Lipinski definition) is 1. The number of aromatic nitrogens is 2. The van der Waals surface area contributed by atoms with Crippen molar-refractivity contribution >= 4 is 0 Å². The zero-order valence-electron chi connectivity index (χ0n) is 14.8. The molecule has 0 aliphatic carbocycles. The molecule has 0 radical (unpaired) electrons. The minimum Gasteiger partial charge on any atom is -0.337 e. The van der Waals surface area contributed by atoms with Crippen molar-refractivity contribution in [1.82, 2.24) is 19.8 Å². The molecular formula is C17H34N4. The van der Waals surface area contributed by atoms with E-state index in [0.29, 0.717) is 11.3 Å². The van der Waals surface area contributed by atoms with Crippen molar-refractivity contribution in [2.45, 2.75) is 47.1 Å². The van der Waals surface area contributed by atoms with Gasteiger partial charge in [0.2, 0.25) is 0 Å². The van der Waals surface area contributed by atoms with Gasteiger partial charge in [-0.2, -0.15) is 0 Å². The average Bonchev–Trinajstić information content (AvgIpc) is 2.74. The lowest BCUT2D eigenvalue weighted by atomic mass is 9.84. The Labute approximate surface area is 130 Å². The van der Waals surface area contributed by atoms with Crippen molar-refractivity contribution in [3.8, 4) is 0 Å². The molecule has 4 heteroatoms. The van der Waals surface area contributed by atoms with Gasteiger partial charge in [-0.05, 0) is 31.3 Å². The highest BCUT2D eigenvalue weighted by atomic mass is 15.2. The van der Waals surface area contributed by atoms with Gasteiger partial charge in [-0.1, -0.05) is 34.1 Å². The van der Waals surface area contributed by atoms with Gasteiger partial charge in [0.05, 0.1) is 6.54 Å². The van der Waals surface area contributed by atoms with E-state index < -0.39 is 0 Å². The van der Waals surface area contributed by atoms with Gasteiger partial charge in [0.25, 0.3) is 0 Å². The first-order valence-electron chi connectivity index (χ1n) is 8.22. The molecule has 1 N–H and O–H groups in total. The maximum atomic E-state index is 4.42. The molecule has 0 aromatic carbocycles. The summed E-state index contributed by atoms with van der Waals surface area (Å²) in [5, 5.41) is 3.64. The fraction of sp³-hybridized carbons (Fsp3) is 0.824. The molecule has 0 saturated carbocycles. The maximum absolute atomic E-state index is 4.42. The van der Waals surface area contributed by atoms with E-state index in [-0.39, 0.29) is 0 Å². The molecule has 122 valence electrons. The standard InChI is InChI=1S/C17H34N4/c1-7-8-17(4,13-18-11-15(2)3)14-20(5)12-16-19-9-10-21(16)6/h9-10,15,18H,7-8,11-14H2,1-6H3. The molecular weight excluding hydrogens is 260 g/mol. The van der Waals surface area contributed by atoms with E-state index in [2.05, 4.69) is 61.6 Å². The summed E-state index contributed by atoms with van der Waals surface area (Å²) in [7, 11) is 4.26. The number of aryl methyl sites for hydroxylation is 1. The van der Waals surface area contributed by atoms with Gasteiger partial charge in [0.1, 0.15) is 5.82 Å². The van der Waals surface area contributed by atoms with E-state index in [1.165, 1.54) is 12.8 Å². The van der Waals surface area contributed by atoms with Crippen molar-refractivity contribution in [3.63, 3.8) is 0 Å². The van der Waals surface area contributed by atoms with Crippen LogP contribution in [0.25, 0.3) is 0 Å². The van der Waals surface area contributed by atoms with Crippen LogP contribution in [0.2, 0.25) is 0 Å². The van der Waals surface area contributed by atoms with Crippen molar-refractivity contribution in [1.29, 1.82) is 0 Å². The van der Waals surface area contributed by atoms with Gasteiger partial charge in [-0.15, -0.1) is 0 Å². The van der Waals surface area contributed by atoms with Crippen LogP contribution < -0.4 is 5.32 Å². The summed E-state index contributed by atoms with van der Waals surface area (Å²) in [6, 6.07) is 0. The normalized spacial score (nSPS) is 14.9. The summed E-state index contributed by atoms with van der Waals surface area (Å²) in [6.45, 7) is 13.4. The molecule has 4 nitrogen and oxygen atoms in total. The summed E-state index contributed by atoms with van der Waals surface area (Å²) < 4.78 is 2.10. The Morgan fingerprint density at radius 2 is 2.14 bits per heavy atom. The first-order valence-corrected chi connectivity index (χ1v) is 8.22. The Morgan fingerprint density at radius 3 is 2.67 bits per heavy atom. The smallest absolute Gasteiger partial charge is 0.122 e. The highest BCUT2D eigenvalue weighted by Gasteiger charge is 2.25. The highest BCUT2D eigenvalue weighted by Crippen LogP contribution is 2.24. The second-order valence-corrected chi connectivity index (χ2v) is 7.21. The van der Waals surface area contributed by atoms with E-state index in [4.69, 9.17) is 0 Å². The SMILES string of the molecule is CCCC(C)(CNCC(C)C)CN(C)Cc1nccn1C. The zero-order valence-corrected chi connectivity index (χ0v) is 14.8. The molecule has 1 unspecified atom stereocenters. The molecule has 0 saturated heterocycles. The average molecular weight is 294 g/mol. The quantitative estimate of drug-likeness (QED) is 0.720. The third kappa shape index (κ3) is 6.62. The molecule has 1 aromatic heterocycles. The minimum atomic E-state index is 0.323. The van der Waals surface area contributed by atoms with E-state index in [1.54, 1.807) is 0 Å². The van der Waals surface area contributed by atoms with Crippen molar-refractivity contribution < 1.29 is 0 Å². The first-order chi connectivity index (χ1) is 9.86. The fourth-order valence-electron chi connectivity index (χ4n) is 2.99. The maximum Gasteiger partial charge on any atom is 0.122 e. The molecule has 0 bridgehead atoms. The second kappa shape index (κ2) is 8.54. The lowest BCUT2D eigenvalue weighted by molar-refractivity contribution is 0.164. The Balaban J connectivity index is 2.53. The van der Waals surface area contributed by atoms with Crippen LogP contribution in [0, 0.1) is 11.3 Å². The Hall–Kier alpha value is -0.870. The predicted molar refractivity (Wildman–Crippen MR) is 90.3 cm³/mol. The highest BCUT2D eigenvalue weighted by molar-refractivity contribution is 4.91. The number of imidazole rings is 1. The van der Waals surface area contributed by atoms with E-state index in [9.17, 15) is 0 Å². The van der Waals surface area contributed by atoms with Crippen LogP contribution >= 0.6 is 0 Å². The zero-order chi connectivity index (χ0) is 15.9. The van der Waals surface area contributed by atoms with Crippen LogP contribution in [-0.4, -0.2) is 41.1 Å². The number of nitrogens with one attached hydrogen (secondary N) is 1. The van der Waals surface area contributed by atoms with Gasteiger partial charge in [0, 0.05) is 32.5 Å². The van der Waals surface area contributed by atoms with E-state index in [0.717, 1.165) is 32.0 Å². The summed E-state index contributed by atoms with van der Waals surface area (Å²) in [5.74, 6) is 1.84. The van der Waals surface area contributed by atoms with Gasteiger partial charge in [-0.25, -0.2) is 4.98 Å². The van der Waals surface area contributed by atoms with Crippen LogP contribution in [0.4, 0.5) is 0 Å². The van der Waals surface area contributed by atoms with Gasteiger partial charge in [0.15, 0.2) is 0 Å². The molecule has 1 heterocycles. The lowest BCUT2D eigenvalue weighted by Gasteiger charge is -2.34. The Bertz CT molecular complexity index is 399. The lowest BCUT2D eigenvalue weighted by Crippen LogP contribution is -2.41. The number of rotatable bonds is 10. The van der Waals surface area contributed by atoms with Crippen molar-refractivity contribution in [3.05, 3.63) is 18.2 Å². The molecule has 0 spiro atoms. The molecule has 0 aliphatic rings.